The molecule has 0 aromatic heterocycles. The molecule has 0 aliphatic heterocycles. The van der Waals surface area contributed by atoms with Gasteiger partial charge in [-0.2, -0.15) is 0 Å². The highest BCUT2D eigenvalue weighted by atomic mass is 79.9. The van der Waals surface area contributed by atoms with Crippen LogP contribution in [-0.4, -0.2) is 12.5 Å². The largest absolute Gasteiger partial charge is 0.384 e. The van der Waals surface area contributed by atoms with Crippen LogP contribution in [0.3, 0.4) is 0 Å². The van der Waals surface area contributed by atoms with Crippen molar-refractivity contribution in [3.05, 3.63) is 58.3 Å². The van der Waals surface area contributed by atoms with Gasteiger partial charge in [0.05, 0.1) is 0 Å². The van der Waals surface area contributed by atoms with E-state index >= 15 is 0 Å². The number of hydrogen-bond donors (Lipinski definition) is 2. The Morgan fingerprint density at radius 1 is 1.19 bits per heavy atom. The predicted molar refractivity (Wildman–Crippen MR) is 87.0 cm³/mol. The number of carbonyl (C=O) groups excluding carboxylic acids is 1. The third-order valence-electron chi connectivity index (χ3n) is 2.92. The maximum absolute atomic E-state index is 12.8. The monoisotopic (exact) mass is 350 g/mol. The Labute approximate surface area is 131 Å². The summed E-state index contributed by atoms with van der Waals surface area (Å²) in [7, 11) is 0. The molecule has 2 N–H and O–H groups in total. The van der Waals surface area contributed by atoms with Crippen molar-refractivity contribution in [2.75, 3.05) is 17.2 Å². The topological polar surface area (TPSA) is 41.1 Å². The Kier molecular flexibility index (Phi) is 5.33. The fourth-order valence-electron chi connectivity index (χ4n) is 1.83. The molecule has 0 aliphatic rings. The number of hydrogen-bond acceptors (Lipinski definition) is 2. The number of carbonyl (C=O) groups is 1. The van der Waals surface area contributed by atoms with E-state index in [4.69, 9.17) is 0 Å². The standard InChI is InChI=1S/C16H16BrFN2O/c1-11-2-7-15(14(17)10-11)19-9-8-16(21)20-13-5-3-12(18)4-6-13/h2-7,10,19H,8-9H2,1H3,(H,20,21). The second-order valence-electron chi connectivity index (χ2n) is 4.72. The fraction of sp³-hybridized carbons (Fsp3) is 0.188. The molecule has 0 heterocycles. The third kappa shape index (κ3) is 4.86. The van der Waals surface area contributed by atoms with Crippen LogP contribution in [0.4, 0.5) is 15.8 Å². The average molecular weight is 351 g/mol. The lowest BCUT2D eigenvalue weighted by atomic mass is 10.2. The van der Waals surface area contributed by atoms with Crippen molar-refractivity contribution >= 4 is 33.2 Å². The van der Waals surface area contributed by atoms with Crippen LogP contribution < -0.4 is 10.6 Å². The minimum absolute atomic E-state index is 0.114. The van der Waals surface area contributed by atoms with E-state index in [0.717, 1.165) is 10.2 Å². The van der Waals surface area contributed by atoms with Crippen molar-refractivity contribution in [2.24, 2.45) is 0 Å². The van der Waals surface area contributed by atoms with Crippen molar-refractivity contribution in [2.45, 2.75) is 13.3 Å². The van der Waals surface area contributed by atoms with E-state index in [-0.39, 0.29) is 11.7 Å². The van der Waals surface area contributed by atoms with Gasteiger partial charge in [-0.1, -0.05) is 6.07 Å². The molecule has 0 spiro atoms. The van der Waals surface area contributed by atoms with Gasteiger partial charge in [-0.15, -0.1) is 0 Å². The van der Waals surface area contributed by atoms with Crippen LogP contribution in [0.2, 0.25) is 0 Å². The van der Waals surface area contributed by atoms with E-state index < -0.39 is 0 Å². The van der Waals surface area contributed by atoms with Crippen molar-refractivity contribution in [3.63, 3.8) is 0 Å². The molecule has 0 saturated heterocycles. The molecule has 0 unspecified atom stereocenters. The maximum atomic E-state index is 12.8. The van der Waals surface area contributed by atoms with Gasteiger partial charge in [0.25, 0.3) is 0 Å². The summed E-state index contributed by atoms with van der Waals surface area (Å²) in [5.41, 5.74) is 2.72. The van der Waals surface area contributed by atoms with Crippen LogP contribution in [-0.2, 0) is 4.79 Å². The van der Waals surface area contributed by atoms with E-state index in [2.05, 4.69) is 26.6 Å². The van der Waals surface area contributed by atoms with Gasteiger partial charge in [-0.3, -0.25) is 4.79 Å². The zero-order chi connectivity index (χ0) is 15.2. The van der Waals surface area contributed by atoms with Crippen LogP contribution >= 0.6 is 15.9 Å². The molecule has 0 aliphatic carbocycles. The molecule has 0 saturated carbocycles. The Morgan fingerprint density at radius 3 is 2.57 bits per heavy atom. The molecular formula is C16H16BrFN2O. The average Bonchev–Trinajstić information content (AvgIpc) is 2.44. The number of halogens is 2. The smallest absolute Gasteiger partial charge is 0.226 e. The Morgan fingerprint density at radius 2 is 1.90 bits per heavy atom. The highest BCUT2D eigenvalue weighted by Gasteiger charge is 2.04. The van der Waals surface area contributed by atoms with Crippen molar-refractivity contribution in [3.8, 4) is 0 Å². The molecule has 2 aromatic carbocycles. The molecule has 2 rings (SSSR count). The molecule has 0 atom stereocenters. The maximum Gasteiger partial charge on any atom is 0.226 e. The zero-order valence-corrected chi connectivity index (χ0v) is 13.2. The summed E-state index contributed by atoms with van der Waals surface area (Å²) >= 11 is 3.48. The van der Waals surface area contributed by atoms with E-state index in [0.29, 0.717) is 18.7 Å². The molecule has 21 heavy (non-hydrogen) atoms. The second-order valence-corrected chi connectivity index (χ2v) is 5.57. The highest BCUT2D eigenvalue weighted by molar-refractivity contribution is 9.10. The van der Waals surface area contributed by atoms with E-state index in [1.165, 1.54) is 29.8 Å². The summed E-state index contributed by atoms with van der Waals surface area (Å²) in [4.78, 5) is 11.8. The first-order valence-electron chi connectivity index (χ1n) is 6.60. The van der Waals surface area contributed by atoms with Gasteiger partial charge in [0, 0.05) is 28.8 Å². The van der Waals surface area contributed by atoms with Gasteiger partial charge in [0.1, 0.15) is 5.82 Å². The molecule has 1 amide bonds. The van der Waals surface area contributed by atoms with Crippen molar-refractivity contribution in [1.82, 2.24) is 0 Å². The molecule has 0 fully saturated rings. The van der Waals surface area contributed by atoms with Gasteiger partial charge in [0.2, 0.25) is 5.91 Å². The van der Waals surface area contributed by atoms with Crippen LogP contribution in [0.25, 0.3) is 0 Å². The molecular weight excluding hydrogens is 335 g/mol. The Balaban J connectivity index is 1.80. The minimum Gasteiger partial charge on any atom is -0.384 e. The number of benzene rings is 2. The van der Waals surface area contributed by atoms with Crippen LogP contribution in [0.15, 0.2) is 46.9 Å². The normalized spacial score (nSPS) is 10.2. The first kappa shape index (κ1) is 15.5. The Hall–Kier alpha value is -1.88. The zero-order valence-electron chi connectivity index (χ0n) is 11.6. The highest BCUT2D eigenvalue weighted by Crippen LogP contribution is 2.23. The van der Waals surface area contributed by atoms with Gasteiger partial charge in [-0.05, 0) is 64.8 Å². The van der Waals surface area contributed by atoms with E-state index in [1.807, 2.05) is 25.1 Å². The predicted octanol–water partition coefficient (Wildman–Crippen LogP) is 4.34. The van der Waals surface area contributed by atoms with Crippen LogP contribution in [0, 0.1) is 12.7 Å². The summed E-state index contributed by atoms with van der Waals surface area (Å²) in [6.07, 6.45) is 0.331. The first-order valence-corrected chi connectivity index (χ1v) is 7.39. The minimum atomic E-state index is -0.320. The quantitative estimate of drug-likeness (QED) is 0.842. The number of nitrogens with one attached hydrogen (secondary N) is 2. The van der Waals surface area contributed by atoms with Crippen LogP contribution in [0.5, 0.6) is 0 Å². The number of rotatable bonds is 5. The number of aryl methyl sites for hydroxylation is 1. The summed E-state index contributed by atoms with van der Waals surface area (Å²) in [6.45, 7) is 2.54. The number of anilines is 2. The van der Waals surface area contributed by atoms with Gasteiger partial charge in [-0.25, -0.2) is 4.39 Å². The molecule has 110 valence electrons. The Bertz CT molecular complexity index is 629. The molecule has 2 aromatic rings. The SMILES string of the molecule is Cc1ccc(NCCC(=O)Nc2ccc(F)cc2)c(Br)c1. The molecule has 5 heteroatoms. The summed E-state index contributed by atoms with van der Waals surface area (Å²) in [5, 5.41) is 5.92. The fourth-order valence-corrected chi connectivity index (χ4v) is 2.46. The lowest BCUT2D eigenvalue weighted by Crippen LogP contribution is -2.16. The van der Waals surface area contributed by atoms with Crippen LogP contribution in [0.1, 0.15) is 12.0 Å². The third-order valence-corrected chi connectivity index (χ3v) is 3.58. The van der Waals surface area contributed by atoms with Crippen molar-refractivity contribution < 1.29 is 9.18 Å². The van der Waals surface area contributed by atoms with E-state index in [1.54, 1.807) is 0 Å². The second kappa shape index (κ2) is 7.22. The molecule has 0 bridgehead atoms. The van der Waals surface area contributed by atoms with Crippen molar-refractivity contribution in [1.29, 1.82) is 0 Å². The molecule has 0 radical (unpaired) electrons. The molecule has 3 nitrogen and oxygen atoms in total. The summed E-state index contributed by atoms with van der Waals surface area (Å²) < 4.78 is 13.7. The van der Waals surface area contributed by atoms with Gasteiger partial charge < -0.3 is 10.6 Å². The first-order chi connectivity index (χ1) is 10.0. The van der Waals surface area contributed by atoms with E-state index in [9.17, 15) is 9.18 Å². The summed E-state index contributed by atoms with van der Waals surface area (Å²) in [6, 6.07) is 11.7. The van der Waals surface area contributed by atoms with Gasteiger partial charge in [0.15, 0.2) is 0 Å². The van der Waals surface area contributed by atoms with Gasteiger partial charge >= 0.3 is 0 Å². The number of amides is 1. The lowest BCUT2D eigenvalue weighted by molar-refractivity contribution is -0.115. The summed E-state index contributed by atoms with van der Waals surface area (Å²) in [5.74, 6) is -0.434. The lowest BCUT2D eigenvalue weighted by Gasteiger charge is -2.09.